The number of hydrogen-bond donors (Lipinski definition) is 1. The van der Waals surface area contributed by atoms with Crippen LogP contribution in [0.15, 0.2) is 36.7 Å². The fraction of sp³-hybridized carbons (Fsp3) is 0.231. The van der Waals surface area contributed by atoms with Gasteiger partial charge in [0.15, 0.2) is 0 Å². The molecular formula is C13H14FN3O. The highest BCUT2D eigenvalue weighted by molar-refractivity contribution is 5.34. The van der Waals surface area contributed by atoms with E-state index in [2.05, 4.69) is 15.3 Å². The third-order valence-electron chi connectivity index (χ3n) is 2.63. The Labute approximate surface area is 105 Å². The molecule has 0 aliphatic carbocycles. The predicted octanol–water partition coefficient (Wildman–Crippen LogP) is 1.93. The van der Waals surface area contributed by atoms with Crippen molar-refractivity contribution in [1.82, 2.24) is 15.3 Å². The van der Waals surface area contributed by atoms with Crippen LogP contribution in [0.25, 0.3) is 0 Å². The Kier molecular flexibility index (Phi) is 3.84. The summed E-state index contributed by atoms with van der Waals surface area (Å²) in [5.74, 6) is 0.310. The van der Waals surface area contributed by atoms with Crippen molar-refractivity contribution in [3.8, 4) is 5.75 Å². The van der Waals surface area contributed by atoms with Crippen molar-refractivity contribution in [2.45, 2.75) is 6.04 Å². The molecule has 94 valence electrons. The monoisotopic (exact) mass is 247 g/mol. The zero-order valence-electron chi connectivity index (χ0n) is 10.2. The summed E-state index contributed by atoms with van der Waals surface area (Å²) in [5, 5.41) is 3.10. The summed E-state index contributed by atoms with van der Waals surface area (Å²) in [6.45, 7) is 0. The van der Waals surface area contributed by atoms with Gasteiger partial charge in [0, 0.05) is 6.20 Å². The van der Waals surface area contributed by atoms with E-state index in [1.54, 1.807) is 32.5 Å². The smallest absolute Gasteiger partial charge is 0.142 e. The van der Waals surface area contributed by atoms with Crippen LogP contribution in [0.1, 0.15) is 17.4 Å². The second kappa shape index (κ2) is 5.55. The molecule has 1 N–H and O–H groups in total. The average Bonchev–Trinajstić information content (AvgIpc) is 2.42. The van der Waals surface area contributed by atoms with E-state index in [4.69, 9.17) is 4.74 Å². The van der Waals surface area contributed by atoms with Gasteiger partial charge in [-0.15, -0.1) is 0 Å². The maximum absolute atomic E-state index is 12.9. The molecule has 0 radical (unpaired) electrons. The molecule has 4 nitrogen and oxygen atoms in total. The van der Waals surface area contributed by atoms with Crippen LogP contribution in [-0.4, -0.2) is 24.1 Å². The van der Waals surface area contributed by atoms with Gasteiger partial charge < -0.3 is 10.1 Å². The molecule has 1 atom stereocenters. The largest absolute Gasteiger partial charge is 0.495 e. The normalized spacial score (nSPS) is 12.2. The van der Waals surface area contributed by atoms with Crippen LogP contribution >= 0.6 is 0 Å². The molecule has 0 bridgehead atoms. The number of methoxy groups -OCH3 is 1. The second-order valence-electron chi connectivity index (χ2n) is 3.71. The van der Waals surface area contributed by atoms with E-state index in [0.717, 1.165) is 5.69 Å². The fourth-order valence-corrected chi connectivity index (χ4v) is 1.77. The second-order valence-corrected chi connectivity index (χ2v) is 3.71. The van der Waals surface area contributed by atoms with Crippen molar-refractivity contribution in [3.63, 3.8) is 0 Å². The number of pyridine rings is 2. The molecule has 18 heavy (non-hydrogen) atoms. The summed E-state index contributed by atoms with van der Waals surface area (Å²) in [4.78, 5) is 8.37. The lowest BCUT2D eigenvalue weighted by molar-refractivity contribution is 0.401. The highest BCUT2D eigenvalue weighted by Gasteiger charge is 2.18. The van der Waals surface area contributed by atoms with E-state index in [-0.39, 0.29) is 11.9 Å². The molecule has 0 spiro atoms. The summed E-state index contributed by atoms with van der Waals surface area (Å²) < 4.78 is 18.1. The van der Waals surface area contributed by atoms with Crippen molar-refractivity contribution in [2.75, 3.05) is 14.2 Å². The minimum atomic E-state index is -0.360. The van der Waals surface area contributed by atoms with Gasteiger partial charge in [-0.3, -0.25) is 9.97 Å². The van der Waals surface area contributed by atoms with Crippen LogP contribution in [0.3, 0.4) is 0 Å². The van der Waals surface area contributed by atoms with Gasteiger partial charge in [-0.2, -0.15) is 0 Å². The van der Waals surface area contributed by atoms with E-state index < -0.39 is 0 Å². The van der Waals surface area contributed by atoms with Crippen LogP contribution in [-0.2, 0) is 0 Å². The molecular weight excluding hydrogens is 233 g/mol. The molecule has 0 aliphatic heterocycles. The Morgan fingerprint density at radius 3 is 2.72 bits per heavy atom. The Morgan fingerprint density at radius 2 is 2.11 bits per heavy atom. The number of ether oxygens (including phenoxy) is 1. The first-order chi connectivity index (χ1) is 8.76. The van der Waals surface area contributed by atoms with Gasteiger partial charge >= 0.3 is 0 Å². The van der Waals surface area contributed by atoms with Gasteiger partial charge in [0.25, 0.3) is 0 Å². The summed E-state index contributed by atoms with van der Waals surface area (Å²) in [7, 11) is 3.38. The van der Waals surface area contributed by atoms with Gasteiger partial charge in [-0.25, -0.2) is 4.39 Å². The van der Waals surface area contributed by atoms with E-state index in [1.807, 2.05) is 6.07 Å². The van der Waals surface area contributed by atoms with Crippen molar-refractivity contribution >= 4 is 0 Å². The summed E-state index contributed by atoms with van der Waals surface area (Å²) in [6.07, 6.45) is 2.88. The van der Waals surface area contributed by atoms with E-state index in [1.165, 1.54) is 12.3 Å². The lowest BCUT2D eigenvalue weighted by atomic mass is 10.1. The lowest BCUT2D eigenvalue weighted by Gasteiger charge is -2.17. The molecule has 1 unspecified atom stereocenters. The summed E-state index contributed by atoms with van der Waals surface area (Å²) in [6, 6.07) is 6.40. The first-order valence-corrected chi connectivity index (χ1v) is 5.54. The molecule has 0 saturated heterocycles. The van der Waals surface area contributed by atoms with Gasteiger partial charge in [0.2, 0.25) is 0 Å². The third-order valence-corrected chi connectivity index (χ3v) is 2.63. The molecule has 2 rings (SSSR count). The zero-order valence-corrected chi connectivity index (χ0v) is 10.2. The average molecular weight is 247 g/mol. The number of aromatic nitrogens is 2. The van der Waals surface area contributed by atoms with Crippen LogP contribution in [0.2, 0.25) is 0 Å². The molecule has 2 aromatic rings. The highest BCUT2D eigenvalue weighted by atomic mass is 19.1. The third kappa shape index (κ3) is 2.46. The molecule has 5 heteroatoms. The van der Waals surface area contributed by atoms with Crippen LogP contribution in [0.4, 0.5) is 4.39 Å². The van der Waals surface area contributed by atoms with Crippen molar-refractivity contribution < 1.29 is 9.13 Å². The molecule has 2 aromatic heterocycles. The van der Waals surface area contributed by atoms with Crippen molar-refractivity contribution in [3.05, 3.63) is 53.9 Å². The zero-order chi connectivity index (χ0) is 13.0. The van der Waals surface area contributed by atoms with Crippen LogP contribution in [0, 0.1) is 5.82 Å². The molecule has 0 fully saturated rings. The van der Waals surface area contributed by atoms with Gasteiger partial charge in [-0.05, 0) is 31.3 Å². The van der Waals surface area contributed by atoms with Crippen LogP contribution in [0.5, 0.6) is 5.75 Å². The lowest BCUT2D eigenvalue weighted by Crippen LogP contribution is -2.20. The SMILES string of the molecule is CNC(c1ccc(F)cn1)c1ncccc1OC. The summed E-state index contributed by atoms with van der Waals surface area (Å²) >= 11 is 0. The van der Waals surface area contributed by atoms with Gasteiger partial charge in [0.1, 0.15) is 17.3 Å². The number of nitrogens with one attached hydrogen (secondary N) is 1. The topological polar surface area (TPSA) is 47.0 Å². The van der Waals surface area contributed by atoms with Gasteiger partial charge in [0.05, 0.1) is 25.0 Å². The maximum atomic E-state index is 12.9. The molecule has 0 aliphatic rings. The van der Waals surface area contributed by atoms with E-state index >= 15 is 0 Å². The van der Waals surface area contributed by atoms with Crippen LogP contribution < -0.4 is 10.1 Å². The minimum absolute atomic E-state index is 0.234. The quantitative estimate of drug-likeness (QED) is 0.896. The Bertz CT molecular complexity index is 516. The standard InChI is InChI=1S/C13H14FN3O/c1-15-12(10-6-5-9(14)8-17-10)13-11(18-2)4-3-7-16-13/h3-8,12,15H,1-2H3. The highest BCUT2D eigenvalue weighted by Crippen LogP contribution is 2.26. The first-order valence-electron chi connectivity index (χ1n) is 5.54. The Balaban J connectivity index is 2.41. The maximum Gasteiger partial charge on any atom is 0.142 e. The first kappa shape index (κ1) is 12.4. The van der Waals surface area contributed by atoms with Gasteiger partial charge in [-0.1, -0.05) is 0 Å². The number of nitrogens with zero attached hydrogens (tertiary/aromatic N) is 2. The molecule has 0 aromatic carbocycles. The fourth-order valence-electron chi connectivity index (χ4n) is 1.77. The Hall–Kier alpha value is -2.01. The molecule has 2 heterocycles. The van der Waals surface area contributed by atoms with Crippen molar-refractivity contribution in [1.29, 1.82) is 0 Å². The van der Waals surface area contributed by atoms with E-state index in [9.17, 15) is 4.39 Å². The van der Waals surface area contributed by atoms with Crippen molar-refractivity contribution in [2.24, 2.45) is 0 Å². The molecule has 0 amide bonds. The predicted molar refractivity (Wildman–Crippen MR) is 65.9 cm³/mol. The number of halogens is 1. The number of hydrogen-bond acceptors (Lipinski definition) is 4. The Morgan fingerprint density at radius 1 is 1.28 bits per heavy atom. The van der Waals surface area contributed by atoms with E-state index in [0.29, 0.717) is 11.4 Å². The minimum Gasteiger partial charge on any atom is -0.495 e. The number of rotatable bonds is 4. The molecule has 0 saturated carbocycles. The summed E-state index contributed by atoms with van der Waals surface area (Å²) in [5.41, 5.74) is 1.41.